The fraction of sp³-hybridized carbons (Fsp3) is 0.833. The number of hydrogen-bond acceptors (Lipinski definition) is 2. The number of rotatable bonds is 2. The molecule has 0 aliphatic rings. The molecule has 1 nitrogen and oxygen atoms in total. The lowest BCUT2D eigenvalue weighted by Gasteiger charge is -2.07. The van der Waals surface area contributed by atoms with Gasteiger partial charge in [0.05, 0.1) is 11.3 Å². The maximum atomic E-state index is 8.43. The van der Waals surface area contributed by atoms with E-state index >= 15 is 0 Å². The molecule has 8 heavy (non-hydrogen) atoms. The van der Waals surface area contributed by atoms with Crippen LogP contribution >= 0.6 is 11.8 Å². The van der Waals surface area contributed by atoms with Crippen LogP contribution in [0.5, 0.6) is 0 Å². The van der Waals surface area contributed by atoms with Gasteiger partial charge >= 0.3 is 0 Å². The molecule has 0 saturated heterocycles. The van der Waals surface area contributed by atoms with Gasteiger partial charge in [-0.25, -0.2) is 0 Å². The SMILES string of the molecule is CSC(C#N)C(C)C. The Bertz CT molecular complexity index is 93.2. The van der Waals surface area contributed by atoms with Crippen LogP contribution < -0.4 is 0 Å². The summed E-state index contributed by atoms with van der Waals surface area (Å²) in [6.07, 6.45) is 1.97. The van der Waals surface area contributed by atoms with Crippen molar-refractivity contribution in [1.82, 2.24) is 0 Å². The van der Waals surface area contributed by atoms with Crippen molar-refractivity contribution in [3.05, 3.63) is 0 Å². The Morgan fingerprint density at radius 2 is 2.00 bits per heavy atom. The smallest absolute Gasteiger partial charge is 0.0936 e. The van der Waals surface area contributed by atoms with Crippen molar-refractivity contribution in [2.45, 2.75) is 19.1 Å². The van der Waals surface area contributed by atoms with Crippen LogP contribution in [0.15, 0.2) is 0 Å². The van der Waals surface area contributed by atoms with E-state index in [2.05, 4.69) is 19.9 Å². The van der Waals surface area contributed by atoms with E-state index in [0.717, 1.165) is 0 Å². The van der Waals surface area contributed by atoms with Crippen molar-refractivity contribution in [2.75, 3.05) is 6.26 Å². The normalized spacial score (nSPS) is 13.4. The van der Waals surface area contributed by atoms with Gasteiger partial charge in [-0.3, -0.25) is 0 Å². The van der Waals surface area contributed by atoms with E-state index < -0.39 is 0 Å². The third kappa shape index (κ3) is 2.23. The quantitative estimate of drug-likeness (QED) is 0.568. The summed E-state index contributed by atoms with van der Waals surface area (Å²) in [7, 11) is 0. The standard InChI is InChI=1S/C6H11NS/c1-5(2)6(4-7)8-3/h5-6H,1-3H3. The predicted octanol–water partition coefficient (Wildman–Crippen LogP) is 1.90. The molecule has 0 aromatic carbocycles. The molecular formula is C6H11NS. The fourth-order valence-corrected chi connectivity index (χ4v) is 1.12. The second-order valence-electron chi connectivity index (χ2n) is 2.03. The van der Waals surface area contributed by atoms with Gasteiger partial charge in [0.25, 0.3) is 0 Å². The molecule has 0 spiro atoms. The minimum Gasteiger partial charge on any atom is -0.197 e. The summed E-state index contributed by atoms with van der Waals surface area (Å²) < 4.78 is 0. The van der Waals surface area contributed by atoms with Gasteiger partial charge in [0.2, 0.25) is 0 Å². The summed E-state index contributed by atoms with van der Waals surface area (Å²) in [5, 5.41) is 8.60. The molecule has 0 bridgehead atoms. The highest BCUT2D eigenvalue weighted by Gasteiger charge is 2.08. The lowest BCUT2D eigenvalue weighted by molar-refractivity contribution is 0.686. The first-order valence-electron chi connectivity index (χ1n) is 2.64. The second kappa shape index (κ2) is 3.80. The fourth-order valence-electron chi connectivity index (χ4n) is 0.474. The van der Waals surface area contributed by atoms with E-state index in [4.69, 9.17) is 5.26 Å². The molecule has 0 aliphatic carbocycles. The van der Waals surface area contributed by atoms with Gasteiger partial charge in [-0.15, -0.1) is 11.8 Å². The molecule has 0 aromatic rings. The zero-order valence-corrected chi connectivity index (χ0v) is 6.33. The van der Waals surface area contributed by atoms with Crippen LogP contribution in [0.25, 0.3) is 0 Å². The summed E-state index contributed by atoms with van der Waals surface area (Å²) in [4.78, 5) is 0. The first-order valence-corrected chi connectivity index (χ1v) is 3.93. The van der Waals surface area contributed by atoms with Crippen LogP contribution in [-0.2, 0) is 0 Å². The van der Waals surface area contributed by atoms with Crippen LogP contribution in [0.4, 0.5) is 0 Å². The zero-order valence-electron chi connectivity index (χ0n) is 5.51. The number of hydrogen-bond donors (Lipinski definition) is 0. The topological polar surface area (TPSA) is 23.8 Å². The van der Waals surface area contributed by atoms with Gasteiger partial charge in [-0.1, -0.05) is 13.8 Å². The van der Waals surface area contributed by atoms with Gasteiger partial charge in [-0.2, -0.15) is 5.26 Å². The van der Waals surface area contributed by atoms with E-state index in [9.17, 15) is 0 Å². The highest BCUT2D eigenvalue weighted by atomic mass is 32.2. The molecular weight excluding hydrogens is 118 g/mol. The highest BCUT2D eigenvalue weighted by Crippen LogP contribution is 2.14. The van der Waals surface area contributed by atoms with Crippen molar-refractivity contribution in [3.8, 4) is 6.07 Å². The number of nitriles is 1. The molecule has 0 fully saturated rings. The largest absolute Gasteiger partial charge is 0.197 e. The van der Waals surface area contributed by atoms with E-state index in [1.54, 1.807) is 11.8 Å². The average molecular weight is 129 g/mol. The van der Waals surface area contributed by atoms with Crippen LogP contribution in [0, 0.1) is 17.2 Å². The summed E-state index contributed by atoms with van der Waals surface area (Å²) in [5.74, 6) is 0.481. The van der Waals surface area contributed by atoms with Crippen molar-refractivity contribution in [2.24, 2.45) is 5.92 Å². The Morgan fingerprint density at radius 1 is 1.50 bits per heavy atom. The Balaban J connectivity index is 3.57. The third-order valence-corrected chi connectivity index (χ3v) is 2.14. The first-order chi connectivity index (χ1) is 3.72. The lowest BCUT2D eigenvalue weighted by atomic mass is 10.1. The summed E-state index contributed by atoms with van der Waals surface area (Å²) >= 11 is 1.62. The Morgan fingerprint density at radius 3 is 2.00 bits per heavy atom. The van der Waals surface area contributed by atoms with Crippen molar-refractivity contribution in [1.29, 1.82) is 5.26 Å². The number of nitrogens with zero attached hydrogens (tertiary/aromatic N) is 1. The van der Waals surface area contributed by atoms with Crippen LogP contribution in [0.3, 0.4) is 0 Å². The molecule has 0 saturated carbocycles. The van der Waals surface area contributed by atoms with Gasteiger partial charge < -0.3 is 0 Å². The van der Waals surface area contributed by atoms with E-state index in [-0.39, 0.29) is 5.25 Å². The molecule has 1 unspecified atom stereocenters. The summed E-state index contributed by atoms with van der Waals surface area (Å²) in [5.41, 5.74) is 0. The van der Waals surface area contributed by atoms with Gasteiger partial charge in [-0.05, 0) is 12.2 Å². The van der Waals surface area contributed by atoms with E-state index in [0.29, 0.717) is 5.92 Å². The van der Waals surface area contributed by atoms with E-state index in [1.165, 1.54) is 0 Å². The molecule has 0 rings (SSSR count). The second-order valence-corrected chi connectivity index (χ2v) is 3.01. The predicted molar refractivity (Wildman–Crippen MR) is 37.8 cm³/mol. The monoisotopic (exact) mass is 129 g/mol. The molecule has 2 heteroatoms. The zero-order chi connectivity index (χ0) is 6.57. The third-order valence-electron chi connectivity index (χ3n) is 0.987. The molecule has 0 heterocycles. The van der Waals surface area contributed by atoms with Gasteiger partial charge in [0.15, 0.2) is 0 Å². The van der Waals surface area contributed by atoms with Crippen molar-refractivity contribution < 1.29 is 0 Å². The Labute approximate surface area is 55.1 Å². The minimum absolute atomic E-state index is 0.176. The van der Waals surface area contributed by atoms with Gasteiger partial charge in [0.1, 0.15) is 0 Å². The molecule has 1 atom stereocenters. The molecule has 46 valence electrons. The summed E-state index contributed by atoms with van der Waals surface area (Å²) in [6.45, 7) is 4.12. The maximum Gasteiger partial charge on any atom is 0.0936 e. The summed E-state index contributed by atoms with van der Waals surface area (Å²) in [6, 6.07) is 2.21. The van der Waals surface area contributed by atoms with Crippen molar-refractivity contribution >= 4 is 11.8 Å². The average Bonchev–Trinajstić information content (AvgIpc) is 1.69. The molecule has 0 amide bonds. The lowest BCUT2D eigenvalue weighted by Crippen LogP contribution is -2.06. The molecule has 0 N–H and O–H groups in total. The minimum atomic E-state index is 0.176. The highest BCUT2D eigenvalue weighted by molar-refractivity contribution is 7.99. The van der Waals surface area contributed by atoms with Crippen LogP contribution in [0.2, 0.25) is 0 Å². The molecule has 0 radical (unpaired) electrons. The maximum absolute atomic E-state index is 8.43. The van der Waals surface area contributed by atoms with Crippen LogP contribution in [0.1, 0.15) is 13.8 Å². The van der Waals surface area contributed by atoms with E-state index in [1.807, 2.05) is 6.26 Å². The van der Waals surface area contributed by atoms with Gasteiger partial charge in [0, 0.05) is 0 Å². The number of thioether (sulfide) groups is 1. The Kier molecular flexibility index (Phi) is 3.72. The van der Waals surface area contributed by atoms with Crippen LogP contribution in [-0.4, -0.2) is 11.5 Å². The van der Waals surface area contributed by atoms with Crippen molar-refractivity contribution in [3.63, 3.8) is 0 Å². The Hall–Kier alpha value is -0.160. The molecule has 0 aromatic heterocycles. The first kappa shape index (κ1) is 7.84. The molecule has 0 aliphatic heterocycles.